The van der Waals surface area contributed by atoms with E-state index in [-0.39, 0.29) is 0 Å². The minimum atomic E-state index is 0.813. The van der Waals surface area contributed by atoms with Crippen LogP contribution in [0.3, 0.4) is 0 Å². The summed E-state index contributed by atoms with van der Waals surface area (Å²) in [5.74, 6) is 1.63. The van der Waals surface area contributed by atoms with Gasteiger partial charge in [-0.3, -0.25) is 0 Å². The van der Waals surface area contributed by atoms with E-state index in [0.717, 1.165) is 11.8 Å². The molecule has 1 nitrogen and oxygen atoms in total. The van der Waals surface area contributed by atoms with Crippen molar-refractivity contribution in [3.8, 4) is 0 Å². The molecule has 1 saturated heterocycles. The maximum absolute atomic E-state index is 3.53. The third kappa shape index (κ3) is 2.75. The first kappa shape index (κ1) is 11.0. The lowest BCUT2D eigenvalue weighted by Crippen LogP contribution is -2.38. The van der Waals surface area contributed by atoms with E-state index < -0.39 is 0 Å². The minimum absolute atomic E-state index is 0.813. The molecule has 1 heterocycles. The van der Waals surface area contributed by atoms with Gasteiger partial charge in [0, 0.05) is 23.2 Å². The Morgan fingerprint density at radius 3 is 2.47 bits per heavy atom. The summed E-state index contributed by atoms with van der Waals surface area (Å²) in [6.45, 7) is 7.09. The molecule has 1 aliphatic heterocycles. The third-order valence-corrected chi connectivity index (χ3v) is 3.54. The van der Waals surface area contributed by atoms with Crippen LogP contribution in [0.5, 0.6) is 0 Å². The molecule has 15 heavy (non-hydrogen) atoms. The van der Waals surface area contributed by atoms with E-state index in [1.165, 1.54) is 29.7 Å². The van der Waals surface area contributed by atoms with Crippen molar-refractivity contribution in [2.24, 2.45) is 11.8 Å². The van der Waals surface area contributed by atoms with Gasteiger partial charge < -0.3 is 4.90 Å². The summed E-state index contributed by atoms with van der Waals surface area (Å²) >= 11 is 3.53. The fourth-order valence-corrected chi connectivity index (χ4v) is 2.93. The molecule has 2 heteroatoms. The maximum atomic E-state index is 3.53. The molecule has 0 amide bonds. The summed E-state index contributed by atoms with van der Waals surface area (Å²) < 4.78 is 1.17. The Kier molecular flexibility index (Phi) is 3.35. The van der Waals surface area contributed by atoms with Crippen LogP contribution in [0.1, 0.15) is 20.3 Å². The van der Waals surface area contributed by atoms with Crippen molar-refractivity contribution in [2.75, 3.05) is 18.0 Å². The molecular formula is C13H18BrN. The minimum Gasteiger partial charge on any atom is -0.371 e. The van der Waals surface area contributed by atoms with Gasteiger partial charge in [-0.05, 0) is 36.5 Å². The SMILES string of the molecule is CC1CC(C)CN(c2cccc(Br)c2)C1. The van der Waals surface area contributed by atoms with Crippen molar-refractivity contribution in [1.82, 2.24) is 0 Å². The Morgan fingerprint density at radius 2 is 1.87 bits per heavy atom. The zero-order valence-electron chi connectivity index (χ0n) is 9.41. The Balaban J connectivity index is 2.16. The molecule has 1 fully saturated rings. The molecule has 0 N–H and O–H groups in total. The van der Waals surface area contributed by atoms with Crippen LogP contribution in [-0.4, -0.2) is 13.1 Å². The van der Waals surface area contributed by atoms with E-state index >= 15 is 0 Å². The molecule has 0 aromatic heterocycles. The number of anilines is 1. The van der Waals surface area contributed by atoms with Crippen LogP contribution in [0.4, 0.5) is 5.69 Å². The van der Waals surface area contributed by atoms with Gasteiger partial charge in [-0.25, -0.2) is 0 Å². The molecule has 0 bridgehead atoms. The molecule has 0 aliphatic carbocycles. The third-order valence-electron chi connectivity index (χ3n) is 3.04. The molecule has 1 aromatic carbocycles. The largest absolute Gasteiger partial charge is 0.371 e. The van der Waals surface area contributed by atoms with Crippen LogP contribution >= 0.6 is 15.9 Å². The van der Waals surface area contributed by atoms with Gasteiger partial charge in [-0.15, -0.1) is 0 Å². The van der Waals surface area contributed by atoms with Crippen molar-refractivity contribution < 1.29 is 0 Å². The average Bonchev–Trinajstić information content (AvgIpc) is 2.16. The molecule has 1 aliphatic rings. The normalized spacial score (nSPS) is 26.7. The number of piperidine rings is 1. The van der Waals surface area contributed by atoms with Gasteiger partial charge in [0.1, 0.15) is 0 Å². The lowest BCUT2D eigenvalue weighted by Gasteiger charge is -2.36. The van der Waals surface area contributed by atoms with Crippen LogP contribution in [-0.2, 0) is 0 Å². The van der Waals surface area contributed by atoms with E-state index in [2.05, 4.69) is 58.9 Å². The highest BCUT2D eigenvalue weighted by atomic mass is 79.9. The van der Waals surface area contributed by atoms with Crippen LogP contribution < -0.4 is 4.90 Å². The summed E-state index contributed by atoms with van der Waals surface area (Å²) in [4.78, 5) is 2.50. The molecule has 2 unspecified atom stereocenters. The lowest BCUT2D eigenvalue weighted by atomic mass is 9.91. The summed E-state index contributed by atoms with van der Waals surface area (Å²) in [5.41, 5.74) is 1.35. The van der Waals surface area contributed by atoms with E-state index in [0.29, 0.717) is 0 Å². The van der Waals surface area contributed by atoms with Crippen LogP contribution in [0.2, 0.25) is 0 Å². The monoisotopic (exact) mass is 267 g/mol. The van der Waals surface area contributed by atoms with Gasteiger partial charge in [-0.1, -0.05) is 35.8 Å². The van der Waals surface area contributed by atoms with Gasteiger partial charge in [-0.2, -0.15) is 0 Å². The number of hydrogen-bond acceptors (Lipinski definition) is 1. The highest BCUT2D eigenvalue weighted by molar-refractivity contribution is 9.10. The summed E-state index contributed by atoms with van der Waals surface area (Å²) in [6, 6.07) is 8.62. The van der Waals surface area contributed by atoms with Crippen molar-refractivity contribution in [3.63, 3.8) is 0 Å². The smallest absolute Gasteiger partial charge is 0.0377 e. The second-order valence-corrected chi connectivity index (χ2v) is 5.75. The highest BCUT2D eigenvalue weighted by Crippen LogP contribution is 2.27. The topological polar surface area (TPSA) is 3.24 Å². The number of rotatable bonds is 1. The van der Waals surface area contributed by atoms with Gasteiger partial charge in [0.15, 0.2) is 0 Å². The Morgan fingerprint density at radius 1 is 1.20 bits per heavy atom. The van der Waals surface area contributed by atoms with Crippen LogP contribution in [0.25, 0.3) is 0 Å². The van der Waals surface area contributed by atoms with Gasteiger partial charge >= 0.3 is 0 Å². The van der Waals surface area contributed by atoms with Gasteiger partial charge in [0.25, 0.3) is 0 Å². The average molecular weight is 268 g/mol. The maximum Gasteiger partial charge on any atom is 0.0377 e. The van der Waals surface area contributed by atoms with E-state index in [1.54, 1.807) is 0 Å². The molecule has 1 aromatic rings. The predicted molar refractivity (Wildman–Crippen MR) is 69.3 cm³/mol. The predicted octanol–water partition coefficient (Wildman–Crippen LogP) is 3.93. The first-order valence-corrected chi connectivity index (χ1v) is 6.45. The fourth-order valence-electron chi connectivity index (χ4n) is 2.55. The number of benzene rings is 1. The number of halogens is 1. The van der Waals surface area contributed by atoms with Crippen molar-refractivity contribution in [2.45, 2.75) is 20.3 Å². The Bertz CT molecular complexity index is 327. The molecule has 0 spiro atoms. The Hall–Kier alpha value is -0.500. The lowest BCUT2D eigenvalue weighted by molar-refractivity contribution is 0.357. The summed E-state index contributed by atoms with van der Waals surface area (Å²) in [7, 11) is 0. The first-order valence-electron chi connectivity index (χ1n) is 5.65. The highest BCUT2D eigenvalue weighted by Gasteiger charge is 2.21. The Labute approximate surface area is 101 Å². The van der Waals surface area contributed by atoms with Crippen molar-refractivity contribution in [1.29, 1.82) is 0 Å². The van der Waals surface area contributed by atoms with Crippen LogP contribution in [0, 0.1) is 11.8 Å². The molecular weight excluding hydrogens is 250 g/mol. The van der Waals surface area contributed by atoms with E-state index in [1.807, 2.05) is 0 Å². The zero-order chi connectivity index (χ0) is 10.8. The van der Waals surface area contributed by atoms with Crippen LogP contribution in [0.15, 0.2) is 28.7 Å². The van der Waals surface area contributed by atoms with Crippen molar-refractivity contribution in [3.05, 3.63) is 28.7 Å². The number of nitrogens with zero attached hydrogens (tertiary/aromatic N) is 1. The molecule has 0 saturated carbocycles. The molecule has 2 atom stereocenters. The van der Waals surface area contributed by atoms with E-state index in [4.69, 9.17) is 0 Å². The van der Waals surface area contributed by atoms with Gasteiger partial charge in [0.2, 0.25) is 0 Å². The molecule has 82 valence electrons. The summed E-state index contributed by atoms with van der Waals surface area (Å²) in [6.07, 6.45) is 1.37. The zero-order valence-corrected chi connectivity index (χ0v) is 11.0. The second kappa shape index (κ2) is 4.56. The van der Waals surface area contributed by atoms with Gasteiger partial charge in [0.05, 0.1) is 0 Å². The fraction of sp³-hybridized carbons (Fsp3) is 0.538. The molecule has 2 rings (SSSR count). The van der Waals surface area contributed by atoms with E-state index in [9.17, 15) is 0 Å². The van der Waals surface area contributed by atoms with Crippen molar-refractivity contribution >= 4 is 21.6 Å². The standard InChI is InChI=1S/C13H18BrN/c1-10-6-11(2)9-15(8-10)13-5-3-4-12(14)7-13/h3-5,7,10-11H,6,8-9H2,1-2H3. The number of hydrogen-bond donors (Lipinski definition) is 0. The quantitative estimate of drug-likeness (QED) is 0.746. The second-order valence-electron chi connectivity index (χ2n) is 4.83. The first-order chi connectivity index (χ1) is 7.15. The summed E-state index contributed by atoms with van der Waals surface area (Å²) in [5, 5.41) is 0. The molecule has 0 radical (unpaired) electrons.